The largest absolute Gasteiger partial charge is 0.465 e. The first-order valence-corrected chi connectivity index (χ1v) is 7.25. The fourth-order valence-corrected chi connectivity index (χ4v) is 2.52. The van der Waals surface area contributed by atoms with Crippen molar-refractivity contribution in [3.05, 3.63) is 24.3 Å². The molecule has 1 saturated carbocycles. The predicted octanol–water partition coefficient (Wildman–Crippen LogP) is 2.58. The number of hydrogen-bond donors (Lipinski definition) is 1. The zero-order valence-electron chi connectivity index (χ0n) is 11.8. The lowest BCUT2D eigenvalue weighted by atomic mass is 9.64. The molecule has 0 aliphatic heterocycles. The highest BCUT2D eigenvalue weighted by Gasteiger charge is 2.17. The van der Waals surface area contributed by atoms with Crippen LogP contribution in [0, 0.1) is 0 Å². The summed E-state index contributed by atoms with van der Waals surface area (Å²) in [7, 11) is 0. The Kier molecular flexibility index (Phi) is 5.29. The first-order valence-electron chi connectivity index (χ1n) is 7.25. The van der Waals surface area contributed by atoms with Gasteiger partial charge in [-0.1, -0.05) is 38.2 Å². The molecule has 1 aromatic rings. The normalized spacial score (nSPS) is 18.1. The van der Waals surface area contributed by atoms with Gasteiger partial charge in [-0.25, -0.2) is 0 Å². The summed E-state index contributed by atoms with van der Waals surface area (Å²) in [5.41, 5.74) is 0.896. The van der Waals surface area contributed by atoms with Crippen LogP contribution in [0.2, 0.25) is 6.82 Å². The summed E-state index contributed by atoms with van der Waals surface area (Å²) in [5.74, 6) is 0.785. The first kappa shape index (κ1) is 14.4. The Labute approximate surface area is 116 Å². The maximum absolute atomic E-state index is 9.45. The van der Waals surface area contributed by atoms with Crippen LogP contribution in [-0.4, -0.2) is 24.3 Å². The summed E-state index contributed by atoms with van der Waals surface area (Å²) in [6.45, 7) is 3.26. The summed E-state index contributed by atoms with van der Waals surface area (Å²) >= 11 is 0. The van der Waals surface area contributed by atoms with Gasteiger partial charge in [-0.05, 0) is 37.4 Å². The SMILES string of the molecule is CB(O)c1ccc(OC(C)OC2CCCCC2)cc1. The molecule has 19 heavy (non-hydrogen) atoms. The summed E-state index contributed by atoms with van der Waals surface area (Å²) in [5, 5.41) is 9.45. The van der Waals surface area contributed by atoms with Crippen molar-refractivity contribution in [1.29, 1.82) is 0 Å². The average Bonchev–Trinajstić information content (AvgIpc) is 2.40. The Hall–Kier alpha value is -0.995. The molecule has 0 spiro atoms. The minimum absolute atomic E-state index is 0.222. The van der Waals surface area contributed by atoms with Crippen LogP contribution in [0.3, 0.4) is 0 Å². The van der Waals surface area contributed by atoms with Crippen molar-refractivity contribution in [3.8, 4) is 5.75 Å². The summed E-state index contributed by atoms with van der Waals surface area (Å²) in [6.07, 6.45) is 6.28. The molecule has 0 amide bonds. The van der Waals surface area contributed by atoms with E-state index in [4.69, 9.17) is 9.47 Å². The van der Waals surface area contributed by atoms with Crippen molar-refractivity contribution in [2.75, 3.05) is 0 Å². The van der Waals surface area contributed by atoms with Gasteiger partial charge in [-0.2, -0.15) is 0 Å². The maximum atomic E-state index is 9.45. The topological polar surface area (TPSA) is 38.7 Å². The van der Waals surface area contributed by atoms with Crippen molar-refractivity contribution < 1.29 is 14.5 Å². The van der Waals surface area contributed by atoms with Gasteiger partial charge < -0.3 is 14.5 Å². The number of hydrogen-bond acceptors (Lipinski definition) is 3. The van der Waals surface area contributed by atoms with Crippen molar-refractivity contribution in [3.63, 3.8) is 0 Å². The number of rotatable bonds is 5. The minimum atomic E-state index is -0.440. The Morgan fingerprint density at radius 2 is 1.79 bits per heavy atom. The summed E-state index contributed by atoms with van der Waals surface area (Å²) in [6, 6.07) is 7.52. The molecule has 1 fully saturated rings. The second kappa shape index (κ2) is 6.97. The molecule has 4 heteroatoms. The van der Waals surface area contributed by atoms with E-state index in [-0.39, 0.29) is 6.29 Å². The molecule has 0 aromatic heterocycles. The van der Waals surface area contributed by atoms with E-state index in [0.29, 0.717) is 6.10 Å². The smallest absolute Gasteiger partial charge is 0.320 e. The van der Waals surface area contributed by atoms with E-state index in [1.54, 1.807) is 6.82 Å². The minimum Gasteiger partial charge on any atom is -0.465 e. The van der Waals surface area contributed by atoms with Gasteiger partial charge in [0.25, 0.3) is 0 Å². The third-order valence-electron chi connectivity index (χ3n) is 3.60. The van der Waals surface area contributed by atoms with Crippen LogP contribution >= 0.6 is 0 Å². The fraction of sp³-hybridized carbons (Fsp3) is 0.600. The Morgan fingerprint density at radius 3 is 2.37 bits per heavy atom. The molecule has 3 nitrogen and oxygen atoms in total. The van der Waals surface area contributed by atoms with Crippen LogP contribution in [0.5, 0.6) is 5.75 Å². The zero-order chi connectivity index (χ0) is 13.7. The molecule has 1 atom stereocenters. The molecule has 2 rings (SSSR count). The number of benzene rings is 1. The fourth-order valence-electron chi connectivity index (χ4n) is 2.52. The van der Waals surface area contributed by atoms with Gasteiger partial charge in [0.1, 0.15) is 5.75 Å². The van der Waals surface area contributed by atoms with Gasteiger partial charge in [0.2, 0.25) is 0 Å². The summed E-state index contributed by atoms with van der Waals surface area (Å²) < 4.78 is 11.6. The molecule has 0 radical (unpaired) electrons. The van der Waals surface area contributed by atoms with E-state index in [1.165, 1.54) is 19.3 Å². The zero-order valence-corrected chi connectivity index (χ0v) is 11.8. The van der Waals surface area contributed by atoms with Gasteiger partial charge in [-0.3, -0.25) is 0 Å². The van der Waals surface area contributed by atoms with E-state index < -0.39 is 6.92 Å². The third-order valence-corrected chi connectivity index (χ3v) is 3.60. The molecular weight excluding hydrogens is 239 g/mol. The van der Waals surface area contributed by atoms with Crippen LogP contribution in [-0.2, 0) is 4.74 Å². The lowest BCUT2D eigenvalue weighted by Gasteiger charge is -2.26. The molecule has 1 aromatic carbocycles. The lowest BCUT2D eigenvalue weighted by Crippen LogP contribution is -2.27. The van der Waals surface area contributed by atoms with Crippen molar-refractivity contribution in [2.45, 2.75) is 58.2 Å². The molecule has 1 aliphatic carbocycles. The summed E-state index contributed by atoms with van der Waals surface area (Å²) in [4.78, 5) is 0. The highest BCUT2D eigenvalue weighted by Crippen LogP contribution is 2.22. The van der Waals surface area contributed by atoms with E-state index >= 15 is 0 Å². The van der Waals surface area contributed by atoms with Crippen molar-refractivity contribution in [1.82, 2.24) is 0 Å². The Bertz CT molecular complexity index is 371. The molecule has 1 N–H and O–H groups in total. The van der Waals surface area contributed by atoms with Gasteiger partial charge in [-0.15, -0.1) is 0 Å². The van der Waals surface area contributed by atoms with Crippen molar-refractivity contribution in [2.24, 2.45) is 0 Å². The first-order chi connectivity index (χ1) is 9.15. The van der Waals surface area contributed by atoms with Gasteiger partial charge in [0.15, 0.2) is 6.29 Å². The second-order valence-corrected chi connectivity index (χ2v) is 5.33. The molecule has 0 saturated heterocycles. The third kappa shape index (κ3) is 4.55. The van der Waals surface area contributed by atoms with Crippen LogP contribution in [0.1, 0.15) is 39.0 Å². The van der Waals surface area contributed by atoms with Gasteiger partial charge >= 0.3 is 6.92 Å². The molecule has 1 unspecified atom stereocenters. The van der Waals surface area contributed by atoms with Gasteiger partial charge in [0, 0.05) is 0 Å². The average molecular weight is 262 g/mol. The van der Waals surface area contributed by atoms with E-state index in [0.717, 1.165) is 24.1 Å². The van der Waals surface area contributed by atoms with Crippen molar-refractivity contribution >= 4 is 12.4 Å². The second-order valence-electron chi connectivity index (χ2n) is 5.33. The van der Waals surface area contributed by atoms with Crippen LogP contribution in [0.15, 0.2) is 24.3 Å². The Morgan fingerprint density at radius 1 is 1.16 bits per heavy atom. The lowest BCUT2D eigenvalue weighted by molar-refractivity contribution is -0.116. The van der Waals surface area contributed by atoms with E-state index in [2.05, 4.69) is 0 Å². The van der Waals surface area contributed by atoms with E-state index in [9.17, 15) is 5.02 Å². The molecule has 0 bridgehead atoms. The van der Waals surface area contributed by atoms with Crippen LogP contribution in [0.25, 0.3) is 0 Å². The molecular formula is C15H23BO3. The quantitative estimate of drug-likeness (QED) is 0.654. The molecule has 0 heterocycles. The standard InChI is InChI=1S/C15H23BO3/c1-12(18-14-6-4-3-5-7-14)19-15-10-8-13(9-11-15)16(2)17/h8-12,14,17H,3-7H2,1-2H3. The molecule has 104 valence electrons. The van der Waals surface area contributed by atoms with Gasteiger partial charge in [0.05, 0.1) is 6.10 Å². The monoisotopic (exact) mass is 262 g/mol. The number of ether oxygens (including phenoxy) is 2. The maximum Gasteiger partial charge on any atom is 0.320 e. The predicted molar refractivity (Wildman–Crippen MR) is 78.0 cm³/mol. The van der Waals surface area contributed by atoms with E-state index in [1.807, 2.05) is 31.2 Å². The highest BCUT2D eigenvalue weighted by molar-refractivity contribution is 6.64. The Balaban J connectivity index is 1.82. The van der Waals surface area contributed by atoms with Crippen LogP contribution < -0.4 is 10.2 Å². The highest BCUT2D eigenvalue weighted by atomic mass is 16.7. The van der Waals surface area contributed by atoms with Crippen LogP contribution in [0.4, 0.5) is 0 Å². The molecule has 1 aliphatic rings.